The number of carbonyl (C=O) groups excluding carboxylic acids is 1. The highest BCUT2D eigenvalue weighted by molar-refractivity contribution is 7.89. The molecule has 0 unspecified atom stereocenters. The Bertz CT molecular complexity index is 649. The van der Waals surface area contributed by atoms with E-state index in [1.54, 1.807) is 12.4 Å². The summed E-state index contributed by atoms with van der Waals surface area (Å²) < 4.78 is 30.9. The molecule has 2 aromatic heterocycles. The molecule has 0 aliphatic rings. The van der Waals surface area contributed by atoms with Crippen LogP contribution in [0.1, 0.15) is 16.1 Å². The molecule has 0 atom stereocenters. The molecule has 19 heavy (non-hydrogen) atoms. The van der Waals surface area contributed by atoms with Gasteiger partial charge in [-0.2, -0.15) is 0 Å². The van der Waals surface area contributed by atoms with E-state index >= 15 is 0 Å². The van der Waals surface area contributed by atoms with Crippen LogP contribution in [0.25, 0.3) is 0 Å². The second kappa shape index (κ2) is 5.77. The molecule has 0 amide bonds. The maximum absolute atomic E-state index is 11.8. The molecule has 0 aliphatic heterocycles. The van der Waals surface area contributed by atoms with Crippen LogP contribution in [-0.4, -0.2) is 26.2 Å². The fraction of sp³-hybridized carbons (Fsp3) is 0.167. The van der Waals surface area contributed by atoms with Gasteiger partial charge in [-0.15, -0.1) is 0 Å². The molecule has 0 spiro atoms. The van der Waals surface area contributed by atoms with Crippen molar-refractivity contribution in [3.05, 3.63) is 48.0 Å². The summed E-state index contributed by atoms with van der Waals surface area (Å²) in [6.07, 6.45) is 4.29. The first-order valence-electron chi connectivity index (χ1n) is 5.55. The van der Waals surface area contributed by atoms with E-state index in [4.69, 9.17) is 4.42 Å². The number of nitrogens with one attached hydrogen (secondary N) is 1. The first kappa shape index (κ1) is 13.4. The SMILES string of the molecule is O=Cc1ccc(S(=O)(=O)NCCc2ccncc2)o1. The normalized spacial score (nSPS) is 11.4. The van der Waals surface area contributed by atoms with Crippen LogP contribution in [0.2, 0.25) is 0 Å². The number of nitrogens with zero attached hydrogens (tertiary/aromatic N) is 1. The van der Waals surface area contributed by atoms with Gasteiger partial charge in [0.15, 0.2) is 12.0 Å². The Kier molecular flexibility index (Phi) is 4.08. The third-order valence-corrected chi connectivity index (χ3v) is 3.77. The number of sulfonamides is 1. The molecule has 2 heterocycles. The molecule has 1 N–H and O–H groups in total. The van der Waals surface area contributed by atoms with E-state index in [0.29, 0.717) is 12.7 Å². The van der Waals surface area contributed by atoms with Crippen molar-refractivity contribution in [2.75, 3.05) is 6.54 Å². The Labute approximate surface area is 110 Å². The highest BCUT2D eigenvalue weighted by Gasteiger charge is 2.17. The Balaban J connectivity index is 1.96. The van der Waals surface area contributed by atoms with E-state index in [2.05, 4.69) is 9.71 Å². The minimum absolute atomic E-state index is 0.0190. The molecule has 6 nitrogen and oxygen atoms in total. The van der Waals surface area contributed by atoms with Crippen LogP contribution in [-0.2, 0) is 16.4 Å². The van der Waals surface area contributed by atoms with Gasteiger partial charge in [0.1, 0.15) is 0 Å². The number of aldehydes is 1. The van der Waals surface area contributed by atoms with Crippen molar-refractivity contribution in [3.8, 4) is 0 Å². The minimum Gasteiger partial charge on any atom is -0.440 e. The molecule has 0 aliphatic carbocycles. The number of aromatic nitrogens is 1. The van der Waals surface area contributed by atoms with E-state index in [1.807, 2.05) is 12.1 Å². The van der Waals surface area contributed by atoms with Crippen molar-refractivity contribution in [2.45, 2.75) is 11.5 Å². The van der Waals surface area contributed by atoms with E-state index in [9.17, 15) is 13.2 Å². The van der Waals surface area contributed by atoms with Crippen LogP contribution < -0.4 is 4.72 Å². The lowest BCUT2D eigenvalue weighted by molar-refractivity contribution is 0.109. The van der Waals surface area contributed by atoms with Crippen molar-refractivity contribution < 1.29 is 17.6 Å². The predicted octanol–water partition coefficient (Wildman–Crippen LogP) is 1.01. The maximum atomic E-state index is 11.8. The van der Waals surface area contributed by atoms with Crippen LogP contribution in [0.5, 0.6) is 0 Å². The summed E-state index contributed by atoms with van der Waals surface area (Å²) >= 11 is 0. The zero-order valence-electron chi connectivity index (χ0n) is 9.94. The number of rotatable bonds is 6. The Morgan fingerprint density at radius 1 is 1.21 bits per heavy atom. The number of pyridine rings is 1. The van der Waals surface area contributed by atoms with Crippen LogP contribution in [0.15, 0.2) is 46.2 Å². The van der Waals surface area contributed by atoms with E-state index < -0.39 is 10.0 Å². The second-order valence-electron chi connectivity index (χ2n) is 3.78. The van der Waals surface area contributed by atoms with Crippen molar-refractivity contribution in [1.29, 1.82) is 0 Å². The average Bonchev–Trinajstić information content (AvgIpc) is 2.89. The van der Waals surface area contributed by atoms with Crippen molar-refractivity contribution in [1.82, 2.24) is 9.71 Å². The van der Waals surface area contributed by atoms with Crippen LogP contribution in [0, 0.1) is 0 Å². The Hall–Kier alpha value is -1.99. The van der Waals surface area contributed by atoms with Gasteiger partial charge in [0.2, 0.25) is 5.09 Å². The Morgan fingerprint density at radius 2 is 1.95 bits per heavy atom. The summed E-state index contributed by atoms with van der Waals surface area (Å²) in [6.45, 7) is 0.240. The van der Waals surface area contributed by atoms with Crippen LogP contribution in [0.4, 0.5) is 0 Å². The van der Waals surface area contributed by atoms with Gasteiger partial charge in [-0.05, 0) is 36.2 Å². The number of hydrogen-bond acceptors (Lipinski definition) is 5. The van der Waals surface area contributed by atoms with Crippen LogP contribution in [0.3, 0.4) is 0 Å². The maximum Gasteiger partial charge on any atom is 0.273 e. The molecule has 2 rings (SSSR count). The average molecular weight is 280 g/mol. The first-order chi connectivity index (χ1) is 9.12. The summed E-state index contributed by atoms with van der Waals surface area (Å²) in [6, 6.07) is 6.18. The third-order valence-electron chi connectivity index (χ3n) is 2.44. The topological polar surface area (TPSA) is 89.3 Å². The summed E-state index contributed by atoms with van der Waals surface area (Å²) in [5.74, 6) is -0.0190. The van der Waals surface area contributed by atoms with Gasteiger partial charge in [0.25, 0.3) is 10.0 Å². The predicted molar refractivity (Wildman–Crippen MR) is 67.2 cm³/mol. The molecule has 0 aromatic carbocycles. The second-order valence-corrected chi connectivity index (χ2v) is 5.48. The van der Waals surface area contributed by atoms with Crippen molar-refractivity contribution in [3.63, 3.8) is 0 Å². The van der Waals surface area contributed by atoms with Crippen LogP contribution >= 0.6 is 0 Å². The molecule has 100 valence electrons. The quantitative estimate of drug-likeness (QED) is 0.798. The van der Waals surface area contributed by atoms with Gasteiger partial charge >= 0.3 is 0 Å². The molecule has 0 fully saturated rings. The lowest BCUT2D eigenvalue weighted by Crippen LogP contribution is -2.25. The molecule has 0 saturated carbocycles. The standard InChI is InChI=1S/C12H12N2O4S/c15-9-11-1-2-12(18-11)19(16,17)14-8-5-10-3-6-13-7-4-10/h1-4,6-7,9,14H,5,8H2. The number of carbonyl (C=O) groups is 1. The monoisotopic (exact) mass is 280 g/mol. The summed E-state index contributed by atoms with van der Waals surface area (Å²) in [4.78, 5) is 14.3. The summed E-state index contributed by atoms with van der Waals surface area (Å²) in [5.41, 5.74) is 0.978. The van der Waals surface area contributed by atoms with E-state index in [-0.39, 0.29) is 17.4 Å². The Morgan fingerprint density at radius 3 is 2.58 bits per heavy atom. The fourth-order valence-corrected chi connectivity index (χ4v) is 2.46. The van der Waals surface area contributed by atoms with E-state index in [1.165, 1.54) is 12.1 Å². The highest BCUT2D eigenvalue weighted by atomic mass is 32.2. The van der Waals surface area contributed by atoms with Gasteiger partial charge in [-0.1, -0.05) is 0 Å². The highest BCUT2D eigenvalue weighted by Crippen LogP contribution is 2.12. The third kappa shape index (κ3) is 3.49. The molecular weight excluding hydrogens is 268 g/mol. The molecule has 0 saturated heterocycles. The smallest absolute Gasteiger partial charge is 0.273 e. The first-order valence-corrected chi connectivity index (χ1v) is 7.04. The zero-order valence-corrected chi connectivity index (χ0v) is 10.8. The fourth-order valence-electron chi connectivity index (χ4n) is 1.49. The molecule has 0 bridgehead atoms. The summed E-state index contributed by atoms with van der Waals surface area (Å²) in [5, 5.41) is -0.260. The number of hydrogen-bond donors (Lipinski definition) is 1. The zero-order chi connectivity index (χ0) is 13.7. The largest absolute Gasteiger partial charge is 0.440 e. The van der Waals surface area contributed by atoms with Gasteiger partial charge in [-0.3, -0.25) is 9.78 Å². The van der Waals surface area contributed by atoms with Crippen molar-refractivity contribution >= 4 is 16.3 Å². The van der Waals surface area contributed by atoms with Crippen molar-refractivity contribution in [2.24, 2.45) is 0 Å². The molecule has 7 heteroatoms. The van der Waals surface area contributed by atoms with Gasteiger partial charge in [0.05, 0.1) is 0 Å². The summed E-state index contributed by atoms with van der Waals surface area (Å²) in [7, 11) is -3.71. The molecular formula is C12H12N2O4S. The molecule has 0 radical (unpaired) electrons. The molecule has 2 aromatic rings. The number of furan rings is 1. The van der Waals surface area contributed by atoms with E-state index in [0.717, 1.165) is 5.56 Å². The van der Waals surface area contributed by atoms with Gasteiger partial charge in [-0.25, -0.2) is 13.1 Å². The van der Waals surface area contributed by atoms with Gasteiger partial charge in [0, 0.05) is 18.9 Å². The lowest BCUT2D eigenvalue weighted by Gasteiger charge is -2.04. The minimum atomic E-state index is -3.71. The van der Waals surface area contributed by atoms with Gasteiger partial charge < -0.3 is 4.42 Å². The lowest BCUT2D eigenvalue weighted by atomic mass is 10.2.